The Labute approximate surface area is 95.8 Å². The number of nitrogens with zero attached hydrogens (tertiary/aromatic N) is 2. The molecule has 15 heavy (non-hydrogen) atoms. The minimum Gasteiger partial charge on any atom is -0.385 e. The van der Waals surface area contributed by atoms with Gasteiger partial charge in [0.05, 0.1) is 16.2 Å². The first-order chi connectivity index (χ1) is 6.84. The zero-order valence-corrected chi connectivity index (χ0v) is 11.0. The summed E-state index contributed by atoms with van der Waals surface area (Å²) in [6.07, 6.45) is 0.878. The SMILES string of the molecule is CCc1nc(CN(C)C)sc1C(C)(C)O. The second-order valence-corrected chi connectivity index (χ2v) is 5.62. The molecule has 0 aromatic carbocycles. The molecule has 0 fully saturated rings. The maximum Gasteiger partial charge on any atom is 0.107 e. The van der Waals surface area contributed by atoms with Crippen LogP contribution in [0.4, 0.5) is 0 Å². The molecule has 4 heteroatoms. The van der Waals surface area contributed by atoms with Crippen LogP contribution in [0.2, 0.25) is 0 Å². The highest BCUT2D eigenvalue weighted by Gasteiger charge is 2.23. The lowest BCUT2D eigenvalue weighted by molar-refractivity contribution is 0.0814. The van der Waals surface area contributed by atoms with Crippen molar-refractivity contribution in [1.82, 2.24) is 9.88 Å². The first-order valence-corrected chi connectivity index (χ1v) is 6.02. The Bertz CT molecular complexity index is 326. The number of aromatic nitrogens is 1. The van der Waals surface area contributed by atoms with Crippen LogP contribution in [0.5, 0.6) is 0 Å². The summed E-state index contributed by atoms with van der Waals surface area (Å²) in [7, 11) is 4.05. The summed E-state index contributed by atoms with van der Waals surface area (Å²) in [5.74, 6) is 0. The zero-order chi connectivity index (χ0) is 11.6. The molecule has 0 amide bonds. The molecule has 0 bridgehead atoms. The van der Waals surface area contributed by atoms with E-state index < -0.39 is 5.60 Å². The average molecular weight is 228 g/mol. The molecule has 3 nitrogen and oxygen atoms in total. The van der Waals surface area contributed by atoms with E-state index in [4.69, 9.17) is 0 Å². The fourth-order valence-corrected chi connectivity index (χ4v) is 2.73. The van der Waals surface area contributed by atoms with Crippen LogP contribution in [-0.4, -0.2) is 29.1 Å². The highest BCUT2D eigenvalue weighted by Crippen LogP contribution is 2.30. The Balaban J connectivity index is 3.01. The normalized spacial score (nSPS) is 12.5. The number of aliphatic hydroxyl groups is 1. The standard InChI is InChI=1S/C11H20N2OS/c1-6-8-10(11(2,3)14)15-9(12-8)7-13(4)5/h14H,6-7H2,1-5H3. The van der Waals surface area contributed by atoms with Gasteiger partial charge in [-0.3, -0.25) is 0 Å². The monoisotopic (exact) mass is 228 g/mol. The van der Waals surface area contributed by atoms with Gasteiger partial charge in [-0.1, -0.05) is 6.92 Å². The molecule has 86 valence electrons. The summed E-state index contributed by atoms with van der Waals surface area (Å²) in [4.78, 5) is 7.64. The zero-order valence-electron chi connectivity index (χ0n) is 10.2. The molecule has 0 aliphatic heterocycles. The number of aryl methyl sites for hydroxylation is 1. The van der Waals surface area contributed by atoms with Gasteiger partial charge < -0.3 is 10.0 Å². The fourth-order valence-electron chi connectivity index (χ4n) is 1.46. The van der Waals surface area contributed by atoms with Crippen molar-refractivity contribution in [2.75, 3.05) is 14.1 Å². The molecule has 1 heterocycles. The third kappa shape index (κ3) is 3.26. The summed E-state index contributed by atoms with van der Waals surface area (Å²) in [5, 5.41) is 11.1. The van der Waals surface area contributed by atoms with Gasteiger partial charge in [0.2, 0.25) is 0 Å². The van der Waals surface area contributed by atoms with Gasteiger partial charge >= 0.3 is 0 Å². The van der Waals surface area contributed by atoms with Gasteiger partial charge in [-0.2, -0.15) is 0 Å². The molecule has 0 unspecified atom stereocenters. The number of hydrogen-bond acceptors (Lipinski definition) is 4. The third-order valence-electron chi connectivity index (χ3n) is 2.08. The van der Waals surface area contributed by atoms with Gasteiger partial charge in [-0.25, -0.2) is 4.98 Å². The van der Waals surface area contributed by atoms with Crippen LogP contribution >= 0.6 is 11.3 Å². The second-order valence-electron chi connectivity index (χ2n) is 4.53. The molecule has 0 spiro atoms. The van der Waals surface area contributed by atoms with Crippen molar-refractivity contribution in [3.8, 4) is 0 Å². The molecule has 1 rings (SSSR count). The molecule has 0 atom stereocenters. The van der Waals surface area contributed by atoms with Crippen LogP contribution in [0.25, 0.3) is 0 Å². The minimum absolute atomic E-state index is 0.770. The smallest absolute Gasteiger partial charge is 0.107 e. The predicted octanol–water partition coefficient (Wildman–Crippen LogP) is 1.99. The van der Waals surface area contributed by atoms with Crippen LogP contribution in [0, 0.1) is 0 Å². The van der Waals surface area contributed by atoms with Gasteiger partial charge in [-0.15, -0.1) is 11.3 Å². The van der Waals surface area contributed by atoms with Crippen LogP contribution in [0.3, 0.4) is 0 Å². The Kier molecular flexibility index (Phi) is 3.87. The molecule has 0 radical (unpaired) electrons. The maximum atomic E-state index is 10.0. The van der Waals surface area contributed by atoms with E-state index in [0.717, 1.165) is 28.5 Å². The highest BCUT2D eigenvalue weighted by molar-refractivity contribution is 7.11. The molecule has 0 saturated carbocycles. The van der Waals surface area contributed by atoms with Gasteiger partial charge in [0.1, 0.15) is 5.01 Å². The van der Waals surface area contributed by atoms with Crippen molar-refractivity contribution >= 4 is 11.3 Å². The van der Waals surface area contributed by atoms with Crippen molar-refractivity contribution < 1.29 is 5.11 Å². The lowest BCUT2D eigenvalue weighted by Crippen LogP contribution is -2.15. The third-order valence-corrected chi connectivity index (χ3v) is 3.48. The lowest BCUT2D eigenvalue weighted by atomic mass is 10.1. The molecule has 1 aromatic heterocycles. The van der Waals surface area contributed by atoms with Crippen LogP contribution in [0.1, 0.15) is 36.3 Å². The molecular weight excluding hydrogens is 208 g/mol. The molecule has 0 aliphatic carbocycles. The van der Waals surface area contributed by atoms with Crippen LogP contribution in [-0.2, 0) is 18.6 Å². The molecule has 0 aliphatic rings. The van der Waals surface area contributed by atoms with E-state index in [-0.39, 0.29) is 0 Å². The van der Waals surface area contributed by atoms with E-state index in [1.807, 2.05) is 27.9 Å². The van der Waals surface area contributed by atoms with Gasteiger partial charge in [0.15, 0.2) is 0 Å². The van der Waals surface area contributed by atoms with E-state index in [0.29, 0.717) is 0 Å². The summed E-state index contributed by atoms with van der Waals surface area (Å²) in [6.45, 7) is 6.55. The van der Waals surface area contributed by atoms with Crippen molar-refractivity contribution in [3.63, 3.8) is 0 Å². The number of hydrogen-bond donors (Lipinski definition) is 1. The van der Waals surface area contributed by atoms with E-state index >= 15 is 0 Å². The van der Waals surface area contributed by atoms with Crippen molar-refractivity contribution in [2.24, 2.45) is 0 Å². The average Bonchev–Trinajstić information content (AvgIpc) is 2.45. The van der Waals surface area contributed by atoms with Crippen molar-refractivity contribution in [3.05, 3.63) is 15.6 Å². The van der Waals surface area contributed by atoms with E-state index in [1.54, 1.807) is 11.3 Å². The summed E-state index contributed by atoms with van der Waals surface area (Å²) < 4.78 is 0. The maximum absolute atomic E-state index is 10.0. The Hall–Kier alpha value is -0.450. The first-order valence-electron chi connectivity index (χ1n) is 5.20. The van der Waals surface area contributed by atoms with E-state index in [2.05, 4.69) is 16.8 Å². The summed E-state index contributed by atoms with van der Waals surface area (Å²) in [5.41, 5.74) is 0.262. The van der Waals surface area contributed by atoms with Gasteiger partial charge in [-0.05, 0) is 34.4 Å². The Morgan fingerprint density at radius 3 is 2.33 bits per heavy atom. The highest BCUT2D eigenvalue weighted by atomic mass is 32.1. The second kappa shape index (κ2) is 4.60. The van der Waals surface area contributed by atoms with Gasteiger partial charge in [0, 0.05) is 6.54 Å². The Morgan fingerprint density at radius 2 is 2.00 bits per heavy atom. The van der Waals surface area contributed by atoms with Crippen molar-refractivity contribution in [1.29, 1.82) is 0 Å². The fraction of sp³-hybridized carbons (Fsp3) is 0.727. The number of rotatable bonds is 4. The van der Waals surface area contributed by atoms with Crippen LogP contribution < -0.4 is 0 Å². The number of thiazole rings is 1. The lowest BCUT2D eigenvalue weighted by Gasteiger charge is -2.15. The largest absolute Gasteiger partial charge is 0.385 e. The summed E-state index contributed by atoms with van der Waals surface area (Å²) >= 11 is 1.62. The van der Waals surface area contributed by atoms with E-state index in [9.17, 15) is 5.11 Å². The Morgan fingerprint density at radius 1 is 1.40 bits per heavy atom. The molecule has 0 saturated heterocycles. The molecular formula is C11H20N2OS. The first kappa shape index (κ1) is 12.6. The minimum atomic E-state index is -0.770. The predicted molar refractivity (Wildman–Crippen MR) is 64.1 cm³/mol. The summed E-state index contributed by atoms with van der Waals surface area (Å²) in [6, 6.07) is 0. The quantitative estimate of drug-likeness (QED) is 0.856. The van der Waals surface area contributed by atoms with E-state index in [1.165, 1.54) is 0 Å². The molecule has 1 aromatic rings. The van der Waals surface area contributed by atoms with Gasteiger partial charge in [0.25, 0.3) is 0 Å². The van der Waals surface area contributed by atoms with Crippen LogP contribution in [0.15, 0.2) is 0 Å². The van der Waals surface area contributed by atoms with Crippen molar-refractivity contribution in [2.45, 2.75) is 39.3 Å². The molecule has 1 N–H and O–H groups in total. The topological polar surface area (TPSA) is 36.4 Å².